The van der Waals surface area contributed by atoms with E-state index in [1.54, 1.807) is 37.1 Å². The Morgan fingerprint density at radius 3 is 2.54 bits per heavy atom. The zero-order valence-electron chi connectivity index (χ0n) is 15.2. The van der Waals surface area contributed by atoms with Gasteiger partial charge in [-0.15, -0.1) is 0 Å². The molecule has 0 fully saturated rings. The van der Waals surface area contributed by atoms with Crippen LogP contribution in [-0.2, 0) is 6.18 Å². The molecular weight excluding hydrogens is 347 g/mol. The minimum atomic E-state index is -4.59. The summed E-state index contributed by atoms with van der Waals surface area (Å²) >= 11 is 0. The third kappa shape index (κ3) is 4.56. The number of nitrogens with zero attached hydrogens (tertiary/aromatic N) is 3. The van der Waals surface area contributed by atoms with E-state index in [2.05, 4.69) is 9.97 Å². The summed E-state index contributed by atoms with van der Waals surface area (Å²) in [5.41, 5.74) is -0.274. The van der Waals surface area contributed by atoms with Crippen LogP contribution in [0, 0.1) is 0 Å². The number of anilines is 2. The van der Waals surface area contributed by atoms with E-state index < -0.39 is 23.7 Å². The number of ether oxygens (including phenoxy) is 2. The van der Waals surface area contributed by atoms with Crippen molar-refractivity contribution in [2.75, 3.05) is 18.6 Å². The van der Waals surface area contributed by atoms with Gasteiger partial charge in [0.15, 0.2) is 0 Å². The number of methoxy groups -OCH3 is 1. The second-order valence-electron chi connectivity index (χ2n) is 5.67. The van der Waals surface area contributed by atoms with Gasteiger partial charge in [0.25, 0.3) is 0 Å². The molecule has 0 aliphatic rings. The normalized spacial score (nSPS) is 12.6. The van der Waals surface area contributed by atoms with Crippen LogP contribution in [0.1, 0.15) is 32.8 Å². The highest BCUT2D eigenvalue weighted by atomic mass is 19.4. The van der Waals surface area contributed by atoms with Gasteiger partial charge in [-0.1, -0.05) is 13.0 Å². The molecule has 0 aliphatic carbocycles. The number of hydrogen-bond acceptors (Lipinski definition) is 5. The second kappa shape index (κ2) is 8.25. The molecule has 1 aromatic carbocycles. The zero-order chi connectivity index (χ0) is 19.3. The minimum absolute atomic E-state index is 0.132. The molecule has 142 valence electrons. The number of rotatable bonds is 7. The molecule has 0 bridgehead atoms. The first-order valence-corrected chi connectivity index (χ1v) is 8.32. The molecule has 1 heterocycles. The van der Waals surface area contributed by atoms with Crippen LogP contribution < -0.4 is 14.4 Å². The van der Waals surface area contributed by atoms with Gasteiger partial charge >= 0.3 is 6.18 Å². The van der Waals surface area contributed by atoms with E-state index >= 15 is 0 Å². The molecule has 0 spiro atoms. The van der Waals surface area contributed by atoms with E-state index in [0.29, 0.717) is 24.4 Å². The fourth-order valence-corrected chi connectivity index (χ4v) is 2.26. The Labute approximate surface area is 150 Å². The molecule has 1 atom stereocenters. The Bertz CT molecular complexity index is 738. The van der Waals surface area contributed by atoms with Crippen molar-refractivity contribution in [3.05, 3.63) is 36.0 Å². The summed E-state index contributed by atoms with van der Waals surface area (Å²) in [6, 6.07) is 7.14. The summed E-state index contributed by atoms with van der Waals surface area (Å²) < 4.78 is 50.4. The highest BCUT2D eigenvalue weighted by molar-refractivity contribution is 5.59. The first-order chi connectivity index (χ1) is 12.3. The summed E-state index contributed by atoms with van der Waals surface area (Å²) in [6.07, 6.45) is -3.66. The summed E-state index contributed by atoms with van der Waals surface area (Å²) in [6.45, 7) is 5.84. The molecule has 0 aliphatic heterocycles. The van der Waals surface area contributed by atoms with E-state index in [-0.39, 0.29) is 5.95 Å². The predicted octanol–water partition coefficient (Wildman–Crippen LogP) is 4.84. The Morgan fingerprint density at radius 2 is 1.96 bits per heavy atom. The molecule has 26 heavy (non-hydrogen) atoms. The predicted molar refractivity (Wildman–Crippen MR) is 93.1 cm³/mol. The quantitative estimate of drug-likeness (QED) is 0.699. The van der Waals surface area contributed by atoms with Crippen LogP contribution in [0.25, 0.3) is 0 Å². The van der Waals surface area contributed by atoms with Gasteiger partial charge in [-0.25, -0.2) is 4.98 Å². The SMILES string of the molecule is CCC(C)Oc1nc(N(CC)c2cccc(OC)c2)ncc1C(F)(F)F. The van der Waals surface area contributed by atoms with Gasteiger partial charge in [0.2, 0.25) is 11.8 Å². The van der Waals surface area contributed by atoms with Crippen LogP contribution in [0.5, 0.6) is 11.6 Å². The van der Waals surface area contributed by atoms with Gasteiger partial charge in [-0.05, 0) is 32.4 Å². The molecule has 1 aromatic heterocycles. The van der Waals surface area contributed by atoms with Crippen molar-refractivity contribution in [3.8, 4) is 11.6 Å². The third-order valence-electron chi connectivity index (χ3n) is 3.86. The van der Waals surface area contributed by atoms with Crippen LogP contribution in [0.3, 0.4) is 0 Å². The summed E-state index contributed by atoms with van der Waals surface area (Å²) in [4.78, 5) is 9.66. The molecule has 0 saturated carbocycles. The van der Waals surface area contributed by atoms with Crippen molar-refractivity contribution in [3.63, 3.8) is 0 Å². The van der Waals surface area contributed by atoms with Crippen LogP contribution >= 0.6 is 0 Å². The van der Waals surface area contributed by atoms with Gasteiger partial charge in [-0.2, -0.15) is 18.2 Å². The van der Waals surface area contributed by atoms with Crippen molar-refractivity contribution in [1.29, 1.82) is 0 Å². The zero-order valence-corrected chi connectivity index (χ0v) is 15.2. The van der Waals surface area contributed by atoms with Crippen molar-refractivity contribution < 1.29 is 22.6 Å². The van der Waals surface area contributed by atoms with Gasteiger partial charge in [0, 0.05) is 24.5 Å². The molecule has 1 unspecified atom stereocenters. The van der Waals surface area contributed by atoms with E-state index in [4.69, 9.17) is 9.47 Å². The number of halogens is 3. The maximum atomic E-state index is 13.2. The van der Waals surface area contributed by atoms with Crippen LogP contribution in [-0.4, -0.2) is 29.7 Å². The Morgan fingerprint density at radius 1 is 1.23 bits per heavy atom. The van der Waals surface area contributed by atoms with Crippen LogP contribution in [0.2, 0.25) is 0 Å². The van der Waals surface area contributed by atoms with Crippen molar-refractivity contribution in [2.24, 2.45) is 0 Å². The molecule has 2 rings (SSSR count). The fraction of sp³-hybridized carbons (Fsp3) is 0.444. The van der Waals surface area contributed by atoms with Gasteiger partial charge in [0.05, 0.1) is 13.2 Å². The maximum absolute atomic E-state index is 13.2. The minimum Gasteiger partial charge on any atom is -0.497 e. The van der Waals surface area contributed by atoms with Crippen LogP contribution in [0.4, 0.5) is 24.8 Å². The summed E-state index contributed by atoms with van der Waals surface area (Å²) in [5.74, 6) is 0.300. The Hall–Kier alpha value is -2.51. The Balaban J connectivity index is 2.48. The molecule has 5 nitrogen and oxygen atoms in total. The van der Waals surface area contributed by atoms with Crippen molar-refractivity contribution in [1.82, 2.24) is 9.97 Å². The van der Waals surface area contributed by atoms with Crippen LogP contribution in [0.15, 0.2) is 30.5 Å². The molecule has 0 amide bonds. The molecule has 0 N–H and O–H groups in total. The largest absolute Gasteiger partial charge is 0.497 e. The van der Waals surface area contributed by atoms with E-state index in [9.17, 15) is 13.2 Å². The number of benzene rings is 1. The lowest BCUT2D eigenvalue weighted by Gasteiger charge is -2.23. The standard InChI is InChI=1S/C18H22F3N3O2/c1-5-12(3)26-16-15(18(19,20)21)11-22-17(23-16)24(6-2)13-8-7-9-14(10-13)25-4/h7-12H,5-6H2,1-4H3. The lowest BCUT2D eigenvalue weighted by Crippen LogP contribution is -2.22. The van der Waals surface area contributed by atoms with E-state index in [1.165, 1.54) is 0 Å². The van der Waals surface area contributed by atoms with E-state index in [0.717, 1.165) is 6.20 Å². The first-order valence-electron chi connectivity index (χ1n) is 8.32. The number of hydrogen-bond donors (Lipinski definition) is 0. The van der Waals surface area contributed by atoms with E-state index in [1.807, 2.05) is 19.9 Å². The van der Waals surface area contributed by atoms with Gasteiger partial charge in [-0.3, -0.25) is 0 Å². The molecular formula is C18H22F3N3O2. The van der Waals surface area contributed by atoms with Gasteiger partial charge < -0.3 is 14.4 Å². The number of alkyl halides is 3. The lowest BCUT2D eigenvalue weighted by molar-refractivity contribution is -0.139. The average molecular weight is 369 g/mol. The molecule has 2 aromatic rings. The fourth-order valence-electron chi connectivity index (χ4n) is 2.26. The summed E-state index contributed by atoms with van der Waals surface area (Å²) in [5, 5.41) is 0. The average Bonchev–Trinajstić information content (AvgIpc) is 2.61. The highest BCUT2D eigenvalue weighted by Gasteiger charge is 2.37. The second-order valence-corrected chi connectivity index (χ2v) is 5.67. The van der Waals surface area contributed by atoms with Crippen molar-refractivity contribution >= 4 is 11.6 Å². The van der Waals surface area contributed by atoms with Gasteiger partial charge in [0.1, 0.15) is 11.3 Å². The highest BCUT2D eigenvalue weighted by Crippen LogP contribution is 2.37. The summed E-state index contributed by atoms with van der Waals surface area (Å²) in [7, 11) is 1.54. The smallest absolute Gasteiger partial charge is 0.423 e. The number of aromatic nitrogens is 2. The Kier molecular flexibility index (Phi) is 6.28. The maximum Gasteiger partial charge on any atom is 0.423 e. The molecule has 0 radical (unpaired) electrons. The molecule has 8 heteroatoms. The topological polar surface area (TPSA) is 47.5 Å². The monoisotopic (exact) mass is 369 g/mol. The lowest BCUT2D eigenvalue weighted by atomic mass is 10.2. The third-order valence-corrected chi connectivity index (χ3v) is 3.86. The molecule has 0 saturated heterocycles. The van der Waals surface area contributed by atoms with Crippen molar-refractivity contribution in [2.45, 2.75) is 39.5 Å². The first kappa shape index (κ1) is 19.8.